The fraction of sp³-hybridized carbons (Fsp3) is 0.308. The third-order valence-electron chi connectivity index (χ3n) is 3.12. The molecule has 1 heterocycles. The second kappa shape index (κ2) is 6.88. The van der Waals surface area contributed by atoms with E-state index in [1.807, 2.05) is 0 Å². The SMILES string of the molecule is COc1cc(C(N)=NC2=C(O)CSCC2)ccc1B(O)O. The summed E-state index contributed by atoms with van der Waals surface area (Å²) in [5.74, 6) is 2.27. The number of benzene rings is 1. The van der Waals surface area contributed by atoms with Gasteiger partial charge in [-0.2, -0.15) is 11.8 Å². The molecule has 21 heavy (non-hydrogen) atoms. The highest BCUT2D eigenvalue weighted by atomic mass is 32.2. The van der Waals surface area contributed by atoms with Crippen molar-refractivity contribution < 1.29 is 19.9 Å². The van der Waals surface area contributed by atoms with Crippen LogP contribution in [0.4, 0.5) is 0 Å². The Kier molecular flexibility index (Phi) is 5.16. The maximum absolute atomic E-state index is 9.79. The molecule has 0 fully saturated rings. The van der Waals surface area contributed by atoms with Gasteiger partial charge in [-0.3, -0.25) is 0 Å². The highest BCUT2D eigenvalue weighted by molar-refractivity contribution is 7.99. The van der Waals surface area contributed by atoms with Crippen LogP contribution in [0.25, 0.3) is 0 Å². The first-order chi connectivity index (χ1) is 10.0. The molecule has 0 aliphatic carbocycles. The molecule has 0 spiro atoms. The van der Waals surface area contributed by atoms with Crippen molar-refractivity contribution in [3.63, 3.8) is 0 Å². The van der Waals surface area contributed by atoms with Crippen molar-refractivity contribution in [2.75, 3.05) is 18.6 Å². The van der Waals surface area contributed by atoms with E-state index < -0.39 is 7.12 Å². The number of rotatable bonds is 4. The molecule has 0 bridgehead atoms. The molecule has 1 aromatic carbocycles. The molecular formula is C13H17BN2O4S. The van der Waals surface area contributed by atoms with Crippen molar-refractivity contribution in [3.8, 4) is 5.75 Å². The van der Waals surface area contributed by atoms with E-state index in [4.69, 9.17) is 10.5 Å². The summed E-state index contributed by atoms with van der Waals surface area (Å²) in [6, 6.07) is 4.74. The number of hydrogen-bond donors (Lipinski definition) is 4. The van der Waals surface area contributed by atoms with E-state index in [-0.39, 0.29) is 17.1 Å². The van der Waals surface area contributed by atoms with E-state index in [9.17, 15) is 15.2 Å². The fourth-order valence-corrected chi connectivity index (χ4v) is 2.82. The highest BCUT2D eigenvalue weighted by Gasteiger charge is 2.18. The molecule has 0 aromatic heterocycles. The summed E-state index contributed by atoms with van der Waals surface area (Å²) >= 11 is 1.65. The Bertz CT molecular complexity index is 590. The molecule has 0 saturated heterocycles. The topological polar surface area (TPSA) is 108 Å². The van der Waals surface area contributed by atoms with E-state index in [1.54, 1.807) is 23.9 Å². The van der Waals surface area contributed by atoms with Gasteiger partial charge in [0.2, 0.25) is 0 Å². The summed E-state index contributed by atoms with van der Waals surface area (Å²) in [5, 5.41) is 28.3. The summed E-state index contributed by atoms with van der Waals surface area (Å²) in [5.41, 5.74) is 7.40. The Hall–Kier alpha value is -1.64. The third kappa shape index (κ3) is 3.72. The monoisotopic (exact) mass is 308 g/mol. The second-order valence-electron chi connectivity index (χ2n) is 4.52. The molecule has 5 N–H and O–H groups in total. The summed E-state index contributed by atoms with van der Waals surface area (Å²) in [6.45, 7) is 0. The van der Waals surface area contributed by atoms with Crippen LogP contribution in [0.5, 0.6) is 5.75 Å². The van der Waals surface area contributed by atoms with Gasteiger partial charge in [0.05, 0.1) is 18.6 Å². The lowest BCUT2D eigenvalue weighted by molar-refractivity contribution is 0.403. The zero-order valence-electron chi connectivity index (χ0n) is 11.6. The number of thioether (sulfide) groups is 1. The maximum Gasteiger partial charge on any atom is 0.492 e. The number of ether oxygens (including phenoxy) is 1. The number of methoxy groups -OCH3 is 1. The van der Waals surface area contributed by atoms with Gasteiger partial charge in [0.1, 0.15) is 17.3 Å². The molecule has 0 radical (unpaired) electrons. The number of aliphatic hydroxyl groups excluding tert-OH is 1. The molecule has 0 unspecified atom stereocenters. The van der Waals surface area contributed by atoms with E-state index in [0.717, 1.165) is 5.75 Å². The van der Waals surface area contributed by atoms with Crippen LogP contribution in [0.15, 0.2) is 34.6 Å². The number of aliphatic hydroxyl groups is 1. The molecule has 6 nitrogen and oxygen atoms in total. The summed E-state index contributed by atoms with van der Waals surface area (Å²) < 4.78 is 5.11. The van der Waals surface area contributed by atoms with Crippen LogP contribution in [0.2, 0.25) is 0 Å². The van der Waals surface area contributed by atoms with Gasteiger partial charge in [-0.25, -0.2) is 4.99 Å². The largest absolute Gasteiger partial charge is 0.510 e. The molecule has 0 saturated carbocycles. The molecule has 2 rings (SSSR count). The number of amidine groups is 1. The zero-order chi connectivity index (χ0) is 15.4. The van der Waals surface area contributed by atoms with Gasteiger partial charge in [0, 0.05) is 17.4 Å². The molecule has 8 heteroatoms. The van der Waals surface area contributed by atoms with Crippen molar-refractivity contribution in [2.24, 2.45) is 10.7 Å². The minimum absolute atomic E-state index is 0.251. The Morgan fingerprint density at radius 1 is 1.43 bits per heavy atom. The van der Waals surface area contributed by atoms with E-state index >= 15 is 0 Å². The van der Waals surface area contributed by atoms with Crippen LogP contribution in [0.3, 0.4) is 0 Å². The molecule has 0 atom stereocenters. The first kappa shape index (κ1) is 15.7. The van der Waals surface area contributed by atoms with E-state index in [2.05, 4.69) is 4.99 Å². The first-order valence-electron chi connectivity index (χ1n) is 6.40. The van der Waals surface area contributed by atoms with Gasteiger partial charge in [-0.1, -0.05) is 12.1 Å². The lowest BCUT2D eigenvalue weighted by atomic mass is 9.79. The van der Waals surface area contributed by atoms with Crippen LogP contribution in [0, 0.1) is 0 Å². The Labute approximate surface area is 127 Å². The lowest BCUT2D eigenvalue weighted by Gasteiger charge is -2.14. The van der Waals surface area contributed by atoms with Crippen molar-refractivity contribution in [3.05, 3.63) is 35.2 Å². The normalized spacial score (nSPS) is 16.0. The van der Waals surface area contributed by atoms with Crippen LogP contribution in [-0.4, -0.2) is 46.7 Å². The van der Waals surface area contributed by atoms with Crippen LogP contribution < -0.4 is 15.9 Å². The third-order valence-corrected chi connectivity index (χ3v) is 4.09. The molecule has 0 amide bonds. The highest BCUT2D eigenvalue weighted by Crippen LogP contribution is 2.23. The van der Waals surface area contributed by atoms with Gasteiger partial charge >= 0.3 is 7.12 Å². The van der Waals surface area contributed by atoms with Gasteiger partial charge in [-0.05, 0) is 11.8 Å². The van der Waals surface area contributed by atoms with Gasteiger partial charge < -0.3 is 25.6 Å². The minimum Gasteiger partial charge on any atom is -0.510 e. The molecule has 112 valence electrons. The van der Waals surface area contributed by atoms with Crippen molar-refractivity contribution in [1.82, 2.24) is 0 Å². The average Bonchev–Trinajstić information content (AvgIpc) is 2.48. The molecule has 1 aliphatic heterocycles. The predicted octanol–water partition coefficient (Wildman–Crippen LogP) is -0.0132. The Morgan fingerprint density at radius 2 is 2.19 bits per heavy atom. The van der Waals surface area contributed by atoms with Gasteiger partial charge in [0.25, 0.3) is 0 Å². The van der Waals surface area contributed by atoms with E-state index in [1.165, 1.54) is 13.2 Å². The Balaban J connectivity index is 2.33. The molecule has 1 aliphatic rings. The summed E-state index contributed by atoms with van der Waals surface area (Å²) in [7, 11) is -0.181. The first-order valence-corrected chi connectivity index (χ1v) is 7.55. The number of hydrogen-bond acceptors (Lipinski definition) is 6. The van der Waals surface area contributed by atoms with Crippen LogP contribution in [-0.2, 0) is 0 Å². The number of allylic oxidation sites excluding steroid dienone is 1. The van der Waals surface area contributed by atoms with Crippen LogP contribution in [0.1, 0.15) is 12.0 Å². The smallest absolute Gasteiger partial charge is 0.492 e. The zero-order valence-corrected chi connectivity index (χ0v) is 12.4. The van der Waals surface area contributed by atoms with E-state index in [0.29, 0.717) is 29.2 Å². The van der Waals surface area contributed by atoms with Crippen LogP contribution >= 0.6 is 11.8 Å². The molecule has 1 aromatic rings. The number of nitrogens with zero attached hydrogens (tertiary/aromatic N) is 1. The maximum atomic E-state index is 9.79. The predicted molar refractivity (Wildman–Crippen MR) is 85.1 cm³/mol. The molecular weight excluding hydrogens is 291 g/mol. The van der Waals surface area contributed by atoms with Gasteiger partial charge in [-0.15, -0.1) is 0 Å². The number of nitrogens with two attached hydrogens (primary N) is 1. The average molecular weight is 308 g/mol. The van der Waals surface area contributed by atoms with Crippen molar-refractivity contribution in [1.29, 1.82) is 0 Å². The quantitative estimate of drug-likeness (QED) is 0.354. The fourth-order valence-electron chi connectivity index (χ4n) is 1.98. The Morgan fingerprint density at radius 3 is 2.81 bits per heavy atom. The summed E-state index contributed by atoms with van der Waals surface area (Å²) in [4.78, 5) is 4.27. The summed E-state index contributed by atoms with van der Waals surface area (Å²) in [6.07, 6.45) is 0.668. The number of aliphatic imine (C=N–C) groups is 1. The second-order valence-corrected chi connectivity index (χ2v) is 5.63. The van der Waals surface area contributed by atoms with Crippen molar-refractivity contribution >= 4 is 30.2 Å². The van der Waals surface area contributed by atoms with Gasteiger partial charge in [0.15, 0.2) is 0 Å². The van der Waals surface area contributed by atoms with Crippen molar-refractivity contribution in [2.45, 2.75) is 6.42 Å². The lowest BCUT2D eigenvalue weighted by Crippen LogP contribution is -2.31. The minimum atomic E-state index is -1.62. The standard InChI is InChI=1S/C13H17BN2O4S/c1-20-12-6-8(2-3-9(12)14(18)19)13(15)16-10-4-5-21-7-11(10)17/h2-3,6,17-19H,4-5,7H2,1H3,(H2,15,16).